The molecule has 0 fully saturated rings. The van der Waals surface area contributed by atoms with E-state index in [1.165, 1.54) is 23.5 Å². The molecule has 0 bridgehead atoms. The molecule has 0 aliphatic rings. The van der Waals surface area contributed by atoms with E-state index in [0.29, 0.717) is 22.9 Å². The number of anilines is 1. The maximum absolute atomic E-state index is 13.6. The highest BCUT2D eigenvalue weighted by Gasteiger charge is 2.24. The highest BCUT2D eigenvalue weighted by atomic mass is 32.1. The van der Waals surface area contributed by atoms with Crippen LogP contribution in [0.5, 0.6) is 0 Å². The molecule has 0 spiro atoms. The van der Waals surface area contributed by atoms with E-state index in [-0.39, 0.29) is 17.8 Å². The Labute approximate surface area is 168 Å². The van der Waals surface area contributed by atoms with Crippen LogP contribution in [0, 0.1) is 5.82 Å². The first kappa shape index (κ1) is 20.4. The van der Waals surface area contributed by atoms with E-state index >= 15 is 0 Å². The molecule has 1 amide bonds. The Balaban J connectivity index is 1.93. The highest BCUT2D eigenvalue weighted by Crippen LogP contribution is 2.30. The third-order valence-corrected chi connectivity index (χ3v) is 5.75. The van der Waals surface area contributed by atoms with Gasteiger partial charge in [-0.15, -0.1) is 0 Å². The molecule has 0 saturated heterocycles. The summed E-state index contributed by atoms with van der Waals surface area (Å²) in [7, 11) is 0. The molecule has 0 atom stereocenters. The number of benzene rings is 1. The molecule has 1 aromatic carbocycles. The highest BCUT2D eigenvalue weighted by molar-refractivity contribution is 7.22. The maximum Gasteiger partial charge on any atom is 0.280 e. The average molecular weight is 404 g/mol. The molecular weight excluding hydrogens is 377 g/mol. The van der Waals surface area contributed by atoms with Gasteiger partial charge in [0.05, 0.1) is 10.2 Å². The fraction of sp³-hybridized carbons (Fsp3) is 0.450. The molecule has 28 heavy (non-hydrogen) atoms. The number of carbonyl (C=O) groups is 1. The minimum absolute atomic E-state index is 0.177. The largest absolute Gasteiger partial charge is 0.302 e. The SMILES string of the molecule is CCN(CC)CCN(C(=O)c1ccn(C(C)C)n1)c1nc2ccc(F)cc2s1. The predicted octanol–water partition coefficient (Wildman–Crippen LogP) is 4.20. The van der Waals surface area contributed by atoms with Gasteiger partial charge in [0.15, 0.2) is 10.8 Å². The van der Waals surface area contributed by atoms with Gasteiger partial charge in [0.1, 0.15) is 5.82 Å². The van der Waals surface area contributed by atoms with Crippen LogP contribution in [0.4, 0.5) is 9.52 Å². The Kier molecular flexibility index (Phi) is 6.41. The molecule has 0 N–H and O–H groups in total. The first-order chi connectivity index (χ1) is 13.4. The van der Waals surface area contributed by atoms with Gasteiger partial charge < -0.3 is 4.90 Å². The Morgan fingerprint density at radius 1 is 1.21 bits per heavy atom. The number of aromatic nitrogens is 3. The van der Waals surface area contributed by atoms with Gasteiger partial charge in [0, 0.05) is 25.3 Å². The number of hydrogen-bond acceptors (Lipinski definition) is 5. The second kappa shape index (κ2) is 8.79. The summed E-state index contributed by atoms with van der Waals surface area (Å²) in [5.41, 5.74) is 1.08. The number of amides is 1. The molecule has 8 heteroatoms. The van der Waals surface area contributed by atoms with E-state index in [1.54, 1.807) is 21.7 Å². The van der Waals surface area contributed by atoms with Gasteiger partial charge in [-0.2, -0.15) is 5.10 Å². The lowest BCUT2D eigenvalue weighted by Gasteiger charge is -2.24. The molecule has 3 rings (SSSR count). The van der Waals surface area contributed by atoms with Crippen LogP contribution in [0.3, 0.4) is 0 Å². The Morgan fingerprint density at radius 3 is 2.61 bits per heavy atom. The van der Waals surface area contributed by atoms with Gasteiger partial charge >= 0.3 is 0 Å². The minimum atomic E-state index is -0.306. The molecule has 2 aromatic heterocycles. The number of likely N-dealkylation sites (N-methyl/N-ethyl adjacent to an activating group) is 1. The molecule has 2 heterocycles. The monoisotopic (exact) mass is 403 g/mol. The zero-order chi connectivity index (χ0) is 20.3. The number of fused-ring (bicyclic) bond motifs is 1. The molecule has 0 unspecified atom stereocenters. The number of carbonyl (C=O) groups excluding carboxylic acids is 1. The average Bonchev–Trinajstić information content (AvgIpc) is 3.31. The molecule has 0 saturated carbocycles. The van der Waals surface area contributed by atoms with Crippen LogP contribution in [0.15, 0.2) is 30.5 Å². The lowest BCUT2D eigenvalue weighted by atomic mass is 10.3. The minimum Gasteiger partial charge on any atom is -0.302 e. The van der Waals surface area contributed by atoms with E-state index in [0.717, 1.165) is 24.3 Å². The normalized spacial score (nSPS) is 11.7. The number of halogens is 1. The summed E-state index contributed by atoms with van der Waals surface area (Å²) >= 11 is 1.32. The number of rotatable bonds is 8. The second-order valence-electron chi connectivity index (χ2n) is 6.87. The Morgan fingerprint density at radius 2 is 1.96 bits per heavy atom. The van der Waals surface area contributed by atoms with E-state index in [1.807, 2.05) is 20.0 Å². The van der Waals surface area contributed by atoms with Gasteiger partial charge in [0.2, 0.25) is 0 Å². The van der Waals surface area contributed by atoms with Gasteiger partial charge in [0.25, 0.3) is 5.91 Å². The smallest absolute Gasteiger partial charge is 0.280 e. The van der Waals surface area contributed by atoms with Crippen LogP contribution >= 0.6 is 11.3 Å². The third kappa shape index (κ3) is 4.39. The van der Waals surface area contributed by atoms with E-state index in [9.17, 15) is 9.18 Å². The van der Waals surface area contributed by atoms with Crippen molar-refractivity contribution in [3.05, 3.63) is 42.0 Å². The van der Waals surface area contributed by atoms with Crippen molar-refractivity contribution in [2.24, 2.45) is 0 Å². The van der Waals surface area contributed by atoms with Gasteiger partial charge in [-0.25, -0.2) is 9.37 Å². The first-order valence-corrected chi connectivity index (χ1v) is 10.4. The summed E-state index contributed by atoms with van der Waals surface area (Å²) in [5.74, 6) is -0.495. The molecule has 6 nitrogen and oxygen atoms in total. The van der Waals surface area contributed by atoms with Crippen LogP contribution in [0.25, 0.3) is 10.2 Å². The lowest BCUT2D eigenvalue weighted by Crippen LogP contribution is -2.39. The van der Waals surface area contributed by atoms with Crippen LogP contribution < -0.4 is 4.90 Å². The fourth-order valence-corrected chi connectivity index (χ4v) is 3.96. The van der Waals surface area contributed by atoms with E-state index < -0.39 is 0 Å². The fourth-order valence-electron chi connectivity index (χ4n) is 2.95. The molecular formula is C20H26FN5OS. The summed E-state index contributed by atoms with van der Waals surface area (Å²) in [4.78, 5) is 21.7. The van der Waals surface area contributed by atoms with Crippen LogP contribution in [0.2, 0.25) is 0 Å². The van der Waals surface area contributed by atoms with Crippen molar-refractivity contribution in [3.8, 4) is 0 Å². The van der Waals surface area contributed by atoms with Crippen molar-refractivity contribution in [3.63, 3.8) is 0 Å². The Bertz CT molecular complexity index is 947. The summed E-state index contributed by atoms with van der Waals surface area (Å²) in [6.07, 6.45) is 1.81. The van der Waals surface area contributed by atoms with Crippen molar-refractivity contribution < 1.29 is 9.18 Å². The van der Waals surface area contributed by atoms with Crippen molar-refractivity contribution in [1.29, 1.82) is 0 Å². The number of hydrogen-bond donors (Lipinski definition) is 0. The maximum atomic E-state index is 13.6. The summed E-state index contributed by atoms with van der Waals surface area (Å²) in [6, 6.07) is 6.40. The third-order valence-electron chi connectivity index (χ3n) is 4.71. The zero-order valence-corrected chi connectivity index (χ0v) is 17.5. The molecule has 3 aromatic rings. The zero-order valence-electron chi connectivity index (χ0n) is 16.7. The van der Waals surface area contributed by atoms with Crippen molar-refractivity contribution in [2.75, 3.05) is 31.1 Å². The molecule has 150 valence electrons. The number of thiazole rings is 1. The van der Waals surface area contributed by atoms with Crippen molar-refractivity contribution in [1.82, 2.24) is 19.7 Å². The summed E-state index contributed by atoms with van der Waals surface area (Å²) < 4.78 is 16.1. The quantitative estimate of drug-likeness (QED) is 0.566. The van der Waals surface area contributed by atoms with E-state index in [4.69, 9.17) is 0 Å². The first-order valence-electron chi connectivity index (χ1n) is 9.58. The molecule has 0 radical (unpaired) electrons. The van der Waals surface area contributed by atoms with Crippen molar-refractivity contribution in [2.45, 2.75) is 33.7 Å². The van der Waals surface area contributed by atoms with Crippen LogP contribution in [0.1, 0.15) is 44.2 Å². The van der Waals surface area contributed by atoms with Crippen LogP contribution in [-0.2, 0) is 0 Å². The van der Waals surface area contributed by atoms with Crippen LogP contribution in [-0.4, -0.2) is 51.8 Å². The second-order valence-corrected chi connectivity index (χ2v) is 7.88. The van der Waals surface area contributed by atoms with Gasteiger partial charge in [-0.1, -0.05) is 25.2 Å². The topological polar surface area (TPSA) is 54.3 Å². The standard InChI is InChI=1S/C20H26FN5OS/c1-5-24(6-2)11-12-25(19(27)17-9-10-26(23-17)14(3)4)20-22-16-8-7-15(21)13-18(16)28-20/h7-10,13-14H,5-6,11-12H2,1-4H3. The Hall–Kier alpha value is -2.32. The molecule has 0 aliphatic carbocycles. The van der Waals surface area contributed by atoms with Crippen molar-refractivity contribution >= 4 is 32.6 Å². The summed E-state index contributed by atoms with van der Waals surface area (Å²) in [5, 5.41) is 4.99. The van der Waals surface area contributed by atoms with E-state index in [2.05, 4.69) is 28.8 Å². The summed E-state index contributed by atoms with van der Waals surface area (Å²) in [6.45, 7) is 11.3. The van der Waals surface area contributed by atoms with Gasteiger partial charge in [-0.05, 0) is 51.2 Å². The predicted molar refractivity (Wildman–Crippen MR) is 112 cm³/mol. The molecule has 0 aliphatic heterocycles. The van der Waals surface area contributed by atoms with Gasteiger partial charge in [-0.3, -0.25) is 14.4 Å². The number of nitrogens with zero attached hydrogens (tertiary/aromatic N) is 5. The lowest BCUT2D eigenvalue weighted by molar-refractivity contribution is 0.0978.